The second-order valence-corrected chi connectivity index (χ2v) is 5.78. The van der Waals surface area contributed by atoms with Gasteiger partial charge in [0.15, 0.2) is 0 Å². The highest BCUT2D eigenvalue weighted by molar-refractivity contribution is 5.90. The summed E-state index contributed by atoms with van der Waals surface area (Å²) in [5.41, 5.74) is 5.34. The van der Waals surface area contributed by atoms with Crippen LogP contribution in [0, 0.1) is 6.92 Å². The van der Waals surface area contributed by atoms with E-state index in [1.165, 1.54) is 0 Å². The number of carbonyl (C=O) groups excluding carboxylic acids is 1. The molecule has 3 rings (SSSR count). The number of amides is 1. The van der Waals surface area contributed by atoms with E-state index >= 15 is 0 Å². The zero-order valence-corrected chi connectivity index (χ0v) is 12.4. The first-order valence-corrected chi connectivity index (χ1v) is 7.43. The number of hydrazone groups is 1. The van der Waals surface area contributed by atoms with Gasteiger partial charge in [-0.25, -0.2) is 10.4 Å². The number of fused-ring (bicyclic) bond motifs is 1. The van der Waals surface area contributed by atoms with Crippen LogP contribution in [0.3, 0.4) is 0 Å². The number of hydrogen-bond donors (Lipinski definition) is 2. The van der Waals surface area contributed by atoms with Gasteiger partial charge in [-0.1, -0.05) is 25.8 Å². The van der Waals surface area contributed by atoms with Gasteiger partial charge in [0, 0.05) is 18.1 Å². The van der Waals surface area contributed by atoms with Crippen molar-refractivity contribution >= 4 is 23.2 Å². The summed E-state index contributed by atoms with van der Waals surface area (Å²) in [6.07, 6.45) is 5.45. The van der Waals surface area contributed by atoms with Crippen LogP contribution in [0.15, 0.2) is 23.3 Å². The van der Waals surface area contributed by atoms with Gasteiger partial charge >= 0.3 is 0 Å². The van der Waals surface area contributed by atoms with Crippen LogP contribution in [0.1, 0.15) is 44.0 Å². The number of nitrogens with one attached hydrogen (secondary N) is 2. The molecule has 1 amide bonds. The van der Waals surface area contributed by atoms with Crippen LogP contribution in [0.25, 0.3) is 11.0 Å². The summed E-state index contributed by atoms with van der Waals surface area (Å²) in [5.74, 6) is 0.884. The average Bonchev–Trinajstić information content (AvgIpc) is 2.84. The molecule has 5 nitrogen and oxygen atoms in total. The molecule has 2 aromatic rings. The quantitative estimate of drug-likeness (QED) is 0.906. The van der Waals surface area contributed by atoms with E-state index in [1.54, 1.807) is 0 Å². The Hall–Kier alpha value is -2.17. The highest BCUT2D eigenvalue weighted by atomic mass is 16.2. The maximum absolute atomic E-state index is 11.8. The van der Waals surface area contributed by atoms with Crippen LogP contribution < -0.4 is 5.43 Å². The number of aromatic amines is 1. The molecule has 0 radical (unpaired) electrons. The Morgan fingerprint density at radius 3 is 3.00 bits per heavy atom. The number of nitrogens with zero attached hydrogens (tertiary/aromatic N) is 2. The predicted octanol–water partition coefficient (Wildman–Crippen LogP) is 2.81. The lowest BCUT2D eigenvalue weighted by molar-refractivity contribution is -0.122. The monoisotopic (exact) mass is 284 g/mol. The molecule has 0 bridgehead atoms. The summed E-state index contributed by atoms with van der Waals surface area (Å²) >= 11 is 0. The van der Waals surface area contributed by atoms with E-state index in [4.69, 9.17) is 0 Å². The molecule has 1 unspecified atom stereocenters. The Morgan fingerprint density at radius 2 is 2.24 bits per heavy atom. The molecule has 0 aliphatic carbocycles. The fraction of sp³-hybridized carbons (Fsp3) is 0.438. The summed E-state index contributed by atoms with van der Waals surface area (Å²) in [6, 6.07) is 6.20. The Balaban J connectivity index is 2.06. The topological polar surface area (TPSA) is 70.1 Å². The van der Waals surface area contributed by atoms with Crippen molar-refractivity contribution < 1.29 is 4.79 Å². The smallest absolute Gasteiger partial charge is 0.241 e. The molecule has 1 aromatic carbocycles. The molecular formula is C16H20N4O. The molecule has 0 fully saturated rings. The third-order valence-corrected chi connectivity index (χ3v) is 4.13. The second kappa shape index (κ2) is 5.31. The van der Waals surface area contributed by atoms with Crippen LogP contribution in [0.4, 0.5) is 0 Å². The number of unbranched alkanes of at least 4 members (excludes halogenated alkanes) is 1. The van der Waals surface area contributed by atoms with E-state index < -0.39 is 0 Å². The summed E-state index contributed by atoms with van der Waals surface area (Å²) in [7, 11) is 0. The van der Waals surface area contributed by atoms with Crippen molar-refractivity contribution in [3.05, 3.63) is 29.6 Å². The minimum absolute atomic E-state index is 0.0190. The molecule has 0 saturated heterocycles. The van der Waals surface area contributed by atoms with Gasteiger partial charge in [0.25, 0.3) is 0 Å². The minimum Gasteiger partial charge on any atom is -0.342 e. The van der Waals surface area contributed by atoms with Crippen molar-refractivity contribution in [3.63, 3.8) is 0 Å². The van der Waals surface area contributed by atoms with Gasteiger partial charge in [0.05, 0.1) is 11.0 Å². The first-order valence-electron chi connectivity index (χ1n) is 7.43. The molecular weight excluding hydrogens is 264 g/mol. The minimum atomic E-state index is -0.300. The number of aryl methyl sites for hydroxylation is 1. The third-order valence-electron chi connectivity index (χ3n) is 4.13. The molecule has 1 aliphatic heterocycles. The standard InChI is InChI=1S/C16H20N4O/c1-3-4-7-16(9-15(21)20-17-10-16)12-5-6-13-14(8-12)19-11(2)18-13/h5-6,8,10H,3-4,7,9H2,1-2H3,(H,18,19)(H,20,21). The summed E-state index contributed by atoms with van der Waals surface area (Å²) in [4.78, 5) is 19.5. The fourth-order valence-corrected chi connectivity index (χ4v) is 3.01. The van der Waals surface area contributed by atoms with Gasteiger partial charge in [0.1, 0.15) is 5.82 Å². The highest BCUT2D eigenvalue weighted by Crippen LogP contribution is 2.34. The van der Waals surface area contributed by atoms with Crippen molar-refractivity contribution in [2.24, 2.45) is 5.10 Å². The molecule has 21 heavy (non-hydrogen) atoms. The van der Waals surface area contributed by atoms with Gasteiger partial charge in [-0.05, 0) is 31.0 Å². The molecule has 1 atom stereocenters. The van der Waals surface area contributed by atoms with E-state index in [9.17, 15) is 4.79 Å². The zero-order valence-electron chi connectivity index (χ0n) is 12.4. The Morgan fingerprint density at radius 1 is 1.38 bits per heavy atom. The van der Waals surface area contributed by atoms with Gasteiger partial charge in [0.2, 0.25) is 5.91 Å². The number of benzene rings is 1. The van der Waals surface area contributed by atoms with E-state index in [0.29, 0.717) is 6.42 Å². The molecule has 1 aromatic heterocycles. The van der Waals surface area contributed by atoms with Crippen LogP contribution in [0.2, 0.25) is 0 Å². The van der Waals surface area contributed by atoms with Gasteiger partial charge in [-0.15, -0.1) is 0 Å². The zero-order chi connectivity index (χ0) is 14.9. The van der Waals surface area contributed by atoms with Crippen molar-refractivity contribution in [1.82, 2.24) is 15.4 Å². The average molecular weight is 284 g/mol. The number of carbonyl (C=O) groups is 1. The van der Waals surface area contributed by atoms with E-state index in [1.807, 2.05) is 19.2 Å². The normalized spacial score (nSPS) is 21.7. The van der Waals surface area contributed by atoms with Crippen molar-refractivity contribution in [3.8, 4) is 0 Å². The lowest BCUT2D eigenvalue weighted by Crippen LogP contribution is -2.39. The maximum atomic E-state index is 11.8. The summed E-state index contributed by atoms with van der Waals surface area (Å²) < 4.78 is 0. The Kier molecular flexibility index (Phi) is 3.49. The fourth-order valence-electron chi connectivity index (χ4n) is 3.01. The number of aromatic nitrogens is 2. The lowest BCUT2D eigenvalue weighted by atomic mass is 9.74. The van der Waals surface area contributed by atoms with E-state index in [0.717, 1.165) is 41.7 Å². The van der Waals surface area contributed by atoms with E-state index in [2.05, 4.69) is 39.6 Å². The second-order valence-electron chi connectivity index (χ2n) is 5.78. The van der Waals surface area contributed by atoms with Crippen LogP contribution >= 0.6 is 0 Å². The maximum Gasteiger partial charge on any atom is 0.241 e. The molecule has 1 aliphatic rings. The van der Waals surface area contributed by atoms with Crippen molar-refractivity contribution in [2.75, 3.05) is 0 Å². The largest absolute Gasteiger partial charge is 0.342 e. The molecule has 5 heteroatoms. The Bertz CT molecular complexity index is 703. The summed E-state index contributed by atoms with van der Waals surface area (Å²) in [6.45, 7) is 4.11. The lowest BCUT2D eigenvalue weighted by Gasteiger charge is -2.32. The van der Waals surface area contributed by atoms with Gasteiger partial charge in [-0.3, -0.25) is 4.79 Å². The van der Waals surface area contributed by atoms with Gasteiger partial charge < -0.3 is 4.98 Å². The van der Waals surface area contributed by atoms with Crippen LogP contribution in [-0.2, 0) is 10.2 Å². The van der Waals surface area contributed by atoms with Crippen molar-refractivity contribution in [2.45, 2.75) is 44.9 Å². The SMILES string of the molecule is CCCCC1(c2ccc3nc(C)[nH]c3c2)C=NNC(=O)C1. The molecule has 110 valence electrons. The molecule has 2 heterocycles. The number of rotatable bonds is 4. The molecule has 2 N–H and O–H groups in total. The first kappa shape index (κ1) is 13.8. The highest BCUT2D eigenvalue weighted by Gasteiger charge is 2.35. The van der Waals surface area contributed by atoms with Crippen molar-refractivity contribution in [1.29, 1.82) is 0 Å². The molecule has 0 saturated carbocycles. The number of imidazole rings is 1. The number of hydrogen-bond acceptors (Lipinski definition) is 3. The Labute approximate surface area is 123 Å². The predicted molar refractivity (Wildman–Crippen MR) is 83.3 cm³/mol. The molecule has 0 spiro atoms. The van der Waals surface area contributed by atoms with E-state index in [-0.39, 0.29) is 11.3 Å². The van der Waals surface area contributed by atoms with Crippen LogP contribution in [-0.4, -0.2) is 22.1 Å². The number of H-pyrrole nitrogens is 1. The van der Waals surface area contributed by atoms with Gasteiger partial charge in [-0.2, -0.15) is 5.10 Å². The van der Waals surface area contributed by atoms with Crippen LogP contribution in [0.5, 0.6) is 0 Å². The summed E-state index contributed by atoms with van der Waals surface area (Å²) in [5, 5.41) is 4.08. The third kappa shape index (κ3) is 2.55. The first-order chi connectivity index (χ1) is 10.1.